The molecule has 1 aromatic heterocycles. The van der Waals surface area contributed by atoms with Crippen molar-refractivity contribution in [2.45, 2.75) is 32.4 Å². The second-order valence-corrected chi connectivity index (χ2v) is 6.47. The second kappa shape index (κ2) is 6.67. The zero-order valence-electron chi connectivity index (χ0n) is 14.4. The van der Waals surface area contributed by atoms with E-state index in [-0.39, 0.29) is 18.6 Å². The Labute approximate surface area is 150 Å². The number of nitrogens with one attached hydrogen (secondary N) is 1. The normalized spacial score (nSPS) is 18.3. The molecule has 0 radical (unpaired) electrons. The summed E-state index contributed by atoms with van der Waals surface area (Å²) in [5, 5.41) is 2.81. The highest BCUT2D eigenvalue weighted by atomic mass is 16.7. The highest BCUT2D eigenvalue weighted by Gasteiger charge is 2.36. The maximum atomic E-state index is 12.7. The van der Waals surface area contributed by atoms with Crippen molar-refractivity contribution in [1.82, 2.24) is 9.88 Å². The number of carbonyl (C=O) groups is 2. The number of ether oxygens (including phenoxy) is 2. The molecule has 2 aliphatic heterocycles. The van der Waals surface area contributed by atoms with Crippen molar-refractivity contribution in [3.63, 3.8) is 0 Å². The van der Waals surface area contributed by atoms with E-state index in [1.165, 1.54) is 0 Å². The first-order chi connectivity index (χ1) is 12.6. The summed E-state index contributed by atoms with van der Waals surface area (Å²) < 4.78 is 10.7. The lowest BCUT2D eigenvalue weighted by Gasteiger charge is -2.24. The Morgan fingerprint density at radius 3 is 2.96 bits per heavy atom. The van der Waals surface area contributed by atoms with Gasteiger partial charge in [-0.25, -0.2) is 4.98 Å². The van der Waals surface area contributed by atoms with Crippen LogP contribution in [0.5, 0.6) is 11.5 Å². The molecule has 1 fully saturated rings. The molecule has 2 amide bonds. The van der Waals surface area contributed by atoms with Crippen molar-refractivity contribution in [1.29, 1.82) is 0 Å². The lowest BCUT2D eigenvalue weighted by molar-refractivity contribution is -0.133. The molecule has 1 aromatic carbocycles. The molecule has 134 valence electrons. The van der Waals surface area contributed by atoms with Gasteiger partial charge in [0.15, 0.2) is 11.5 Å². The summed E-state index contributed by atoms with van der Waals surface area (Å²) in [6.07, 6.45) is 2.51. The van der Waals surface area contributed by atoms with Gasteiger partial charge in [0.2, 0.25) is 18.6 Å². The summed E-state index contributed by atoms with van der Waals surface area (Å²) >= 11 is 0. The van der Waals surface area contributed by atoms with Gasteiger partial charge >= 0.3 is 0 Å². The number of fused-ring (bicyclic) bond motifs is 1. The SMILES string of the molecule is Cc1ccnc(NC(=O)[C@@H]2CCC(=O)N2Cc2ccc3c(c2)OCO3)c1. The predicted octanol–water partition coefficient (Wildman–Crippen LogP) is 2.25. The van der Waals surface area contributed by atoms with Crippen LogP contribution in [0.2, 0.25) is 0 Å². The van der Waals surface area contributed by atoms with Crippen molar-refractivity contribution < 1.29 is 19.1 Å². The number of pyridine rings is 1. The van der Waals surface area contributed by atoms with Crippen LogP contribution in [-0.4, -0.2) is 34.5 Å². The largest absolute Gasteiger partial charge is 0.454 e. The highest BCUT2D eigenvalue weighted by Crippen LogP contribution is 2.33. The molecule has 26 heavy (non-hydrogen) atoms. The van der Waals surface area contributed by atoms with Gasteiger partial charge in [0.25, 0.3) is 0 Å². The Kier molecular flexibility index (Phi) is 4.20. The first kappa shape index (κ1) is 16.4. The average molecular weight is 353 g/mol. The van der Waals surface area contributed by atoms with Crippen LogP contribution in [0, 0.1) is 6.92 Å². The molecular weight excluding hydrogens is 334 g/mol. The molecule has 1 N–H and O–H groups in total. The molecule has 2 aliphatic rings. The summed E-state index contributed by atoms with van der Waals surface area (Å²) in [7, 11) is 0. The molecule has 7 nitrogen and oxygen atoms in total. The zero-order chi connectivity index (χ0) is 18.1. The molecule has 0 bridgehead atoms. The van der Waals surface area contributed by atoms with E-state index in [4.69, 9.17) is 9.47 Å². The number of rotatable bonds is 4. The van der Waals surface area contributed by atoms with Crippen molar-refractivity contribution in [2.24, 2.45) is 0 Å². The van der Waals surface area contributed by atoms with Crippen LogP contribution in [0.4, 0.5) is 5.82 Å². The van der Waals surface area contributed by atoms with Gasteiger partial charge in [-0.1, -0.05) is 6.07 Å². The van der Waals surface area contributed by atoms with E-state index >= 15 is 0 Å². The molecule has 7 heteroatoms. The molecule has 0 aliphatic carbocycles. The van der Waals surface area contributed by atoms with Crippen LogP contribution in [0.3, 0.4) is 0 Å². The number of aromatic nitrogens is 1. The molecule has 4 rings (SSSR count). The Morgan fingerprint density at radius 2 is 2.12 bits per heavy atom. The van der Waals surface area contributed by atoms with E-state index in [1.54, 1.807) is 17.2 Å². The van der Waals surface area contributed by atoms with Gasteiger partial charge in [0.05, 0.1) is 0 Å². The fraction of sp³-hybridized carbons (Fsp3) is 0.316. The molecule has 0 unspecified atom stereocenters. The first-order valence-corrected chi connectivity index (χ1v) is 8.52. The number of anilines is 1. The molecule has 1 atom stereocenters. The van der Waals surface area contributed by atoms with E-state index in [2.05, 4.69) is 10.3 Å². The third-order valence-electron chi connectivity index (χ3n) is 4.59. The lowest BCUT2D eigenvalue weighted by Crippen LogP contribution is -2.41. The summed E-state index contributed by atoms with van der Waals surface area (Å²) in [4.78, 5) is 30.7. The highest BCUT2D eigenvalue weighted by molar-refractivity contribution is 5.98. The van der Waals surface area contributed by atoms with Crippen LogP contribution in [0.1, 0.15) is 24.0 Å². The minimum absolute atomic E-state index is 0.0278. The van der Waals surface area contributed by atoms with Crippen LogP contribution < -0.4 is 14.8 Å². The minimum Gasteiger partial charge on any atom is -0.454 e. The van der Waals surface area contributed by atoms with Crippen molar-refractivity contribution >= 4 is 17.6 Å². The Bertz CT molecular complexity index is 868. The van der Waals surface area contributed by atoms with Gasteiger partial charge < -0.3 is 19.7 Å². The van der Waals surface area contributed by atoms with Crippen LogP contribution in [0.15, 0.2) is 36.5 Å². The molecule has 2 aromatic rings. The predicted molar refractivity (Wildman–Crippen MR) is 93.7 cm³/mol. The third kappa shape index (κ3) is 3.20. The van der Waals surface area contributed by atoms with Gasteiger partial charge in [0, 0.05) is 19.2 Å². The monoisotopic (exact) mass is 353 g/mol. The Morgan fingerprint density at radius 1 is 1.27 bits per heavy atom. The molecular formula is C19H19N3O4. The Hall–Kier alpha value is -3.09. The van der Waals surface area contributed by atoms with Crippen molar-refractivity contribution in [2.75, 3.05) is 12.1 Å². The van der Waals surface area contributed by atoms with Crippen LogP contribution in [0.25, 0.3) is 0 Å². The molecule has 3 heterocycles. The van der Waals surface area contributed by atoms with E-state index in [0.717, 1.165) is 11.1 Å². The van der Waals surface area contributed by atoms with Gasteiger partial charge in [-0.15, -0.1) is 0 Å². The topological polar surface area (TPSA) is 80.8 Å². The van der Waals surface area contributed by atoms with Gasteiger partial charge in [-0.3, -0.25) is 9.59 Å². The maximum Gasteiger partial charge on any atom is 0.248 e. The number of aryl methyl sites for hydroxylation is 1. The maximum absolute atomic E-state index is 12.7. The fourth-order valence-corrected chi connectivity index (χ4v) is 3.25. The van der Waals surface area contributed by atoms with E-state index in [9.17, 15) is 9.59 Å². The summed E-state index contributed by atoms with van der Waals surface area (Å²) in [5.74, 6) is 1.62. The zero-order valence-corrected chi connectivity index (χ0v) is 14.4. The summed E-state index contributed by atoms with van der Waals surface area (Å²) in [6, 6.07) is 8.72. The minimum atomic E-state index is -0.504. The lowest BCUT2D eigenvalue weighted by atomic mass is 10.1. The van der Waals surface area contributed by atoms with E-state index in [0.29, 0.717) is 36.7 Å². The third-order valence-corrected chi connectivity index (χ3v) is 4.59. The van der Waals surface area contributed by atoms with Gasteiger partial charge in [-0.05, 0) is 48.7 Å². The average Bonchev–Trinajstić information content (AvgIpc) is 3.22. The number of hydrogen-bond donors (Lipinski definition) is 1. The van der Waals surface area contributed by atoms with Gasteiger partial charge in [0.1, 0.15) is 11.9 Å². The quantitative estimate of drug-likeness (QED) is 0.912. The second-order valence-electron chi connectivity index (χ2n) is 6.47. The summed E-state index contributed by atoms with van der Waals surface area (Å²) in [5.41, 5.74) is 1.91. The van der Waals surface area contributed by atoms with E-state index < -0.39 is 6.04 Å². The molecule has 1 saturated heterocycles. The van der Waals surface area contributed by atoms with Crippen LogP contribution in [-0.2, 0) is 16.1 Å². The first-order valence-electron chi connectivity index (χ1n) is 8.52. The van der Waals surface area contributed by atoms with E-state index in [1.807, 2.05) is 31.2 Å². The Balaban J connectivity index is 1.49. The number of nitrogens with zero attached hydrogens (tertiary/aromatic N) is 2. The number of amides is 2. The molecule has 0 spiro atoms. The van der Waals surface area contributed by atoms with Crippen molar-refractivity contribution in [3.05, 3.63) is 47.7 Å². The number of carbonyl (C=O) groups excluding carboxylic acids is 2. The van der Waals surface area contributed by atoms with Gasteiger partial charge in [-0.2, -0.15) is 0 Å². The van der Waals surface area contributed by atoms with Crippen LogP contribution >= 0.6 is 0 Å². The number of hydrogen-bond acceptors (Lipinski definition) is 5. The van der Waals surface area contributed by atoms with Crippen molar-refractivity contribution in [3.8, 4) is 11.5 Å². The fourth-order valence-electron chi connectivity index (χ4n) is 3.25. The standard InChI is InChI=1S/C19H19N3O4/c1-12-6-7-20-17(8-12)21-19(24)14-3-5-18(23)22(14)10-13-2-4-15-16(9-13)26-11-25-15/h2,4,6-9,14H,3,5,10-11H2,1H3,(H,20,21,24)/t14-/m0/s1. The summed E-state index contributed by atoms with van der Waals surface area (Å²) in [6.45, 7) is 2.49. The number of benzene rings is 1. The molecule has 0 saturated carbocycles. The smallest absolute Gasteiger partial charge is 0.248 e. The number of likely N-dealkylation sites (tertiary alicyclic amines) is 1.